The van der Waals surface area contributed by atoms with E-state index in [0.29, 0.717) is 17.5 Å². The number of aliphatic hydroxyl groups is 2. The van der Waals surface area contributed by atoms with Crippen LogP contribution in [-0.4, -0.2) is 43.6 Å². The van der Waals surface area contributed by atoms with Gasteiger partial charge in [-0.15, -0.1) is 0 Å². The molecule has 7 nitrogen and oxygen atoms in total. The Morgan fingerprint density at radius 2 is 2.04 bits per heavy atom. The van der Waals surface area contributed by atoms with E-state index in [0.717, 1.165) is 11.1 Å². The first kappa shape index (κ1) is 15.9. The van der Waals surface area contributed by atoms with Crippen LogP contribution in [0, 0.1) is 5.82 Å². The molecule has 3 atom stereocenters. The molecule has 0 aliphatic carbocycles. The number of fused-ring (bicyclic) bond motifs is 1. The van der Waals surface area contributed by atoms with Gasteiger partial charge in [0.1, 0.15) is 29.7 Å². The molecule has 25 heavy (non-hydrogen) atoms. The first-order valence-corrected chi connectivity index (χ1v) is 7.90. The Bertz CT molecular complexity index is 912. The van der Waals surface area contributed by atoms with Gasteiger partial charge in [0, 0.05) is 18.2 Å². The number of nitrogens with zero attached hydrogens (tertiary/aromatic N) is 3. The normalized spacial score (nSPS) is 23.4. The standard InChI is InChI=1S/C17H17FN4O3/c18-10-3-1-9(2-4-10)12-6-22(16-14(12)15(19)20-8-21-16)17-13(24)5-11(7-23)25-17/h1-4,6,8,11,13,17,23-24H,5,7H2,(H2,19,20,21)/t11-,13+,17+/m0/s1. The second-order valence-corrected chi connectivity index (χ2v) is 6.05. The Morgan fingerprint density at radius 1 is 1.28 bits per heavy atom. The lowest BCUT2D eigenvalue weighted by molar-refractivity contribution is -0.0483. The van der Waals surface area contributed by atoms with Crippen molar-refractivity contribution in [1.82, 2.24) is 14.5 Å². The van der Waals surface area contributed by atoms with E-state index < -0.39 is 18.4 Å². The zero-order valence-corrected chi connectivity index (χ0v) is 13.2. The fourth-order valence-corrected chi connectivity index (χ4v) is 3.25. The molecule has 0 spiro atoms. The Balaban J connectivity index is 1.89. The topological polar surface area (TPSA) is 106 Å². The predicted molar refractivity (Wildman–Crippen MR) is 89.0 cm³/mol. The summed E-state index contributed by atoms with van der Waals surface area (Å²) in [6.07, 6.45) is 1.51. The minimum absolute atomic E-state index is 0.172. The van der Waals surface area contributed by atoms with Gasteiger partial charge in [-0.3, -0.25) is 0 Å². The molecular formula is C17H17FN4O3. The lowest BCUT2D eigenvalue weighted by Crippen LogP contribution is -2.19. The molecule has 4 N–H and O–H groups in total. The number of hydrogen-bond donors (Lipinski definition) is 3. The van der Waals surface area contributed by atoms with Gasteiger partial charge in [0.2, 0.25) is 0 Å². The van der Waals surface area contributed by atoms with E-state index in [1.54, 1.807) is 22.9 Å². The highest BCUT2D eigenvalue weighted by molar-refractivity contribution is 6.00. The van der Waals surface area contributed by atoms with Crippen molar-refractivity contribution in [3.05, 3.63) is 42.6 Å². The summed E-state index contributed by atoms with van der Waals surface area (Å²) in [5, 5.41) is 20.2. The molecule has 1 fully saturated rings. The number of aliphatic hydroxyl groups excluding tert-OH is 2. The number of anilines is 1. The number of aromatic nitrogens is 3. The smallest absolute Gasteiger partial charge is 0.161 e. The number of benzene rings is 1. The number of halogens is 1. The number of nitrogens with two attached hydrogens (primary N) is 1. The molecule has 4 rings (SSSR count). The zero-order chi connectivity index (χ0) is 17.6. The lowest BCUT2D eigenvalue weighted by Gasteiger charge is -2.17. The number of rotatable bonds is 3. The summed E-state index contributed by atoms with van der Waals surface area (Å²) in [5.41, 5.74) is 8.02. The third kappa shape index (κ3) is 2.64. The highest BCUT2D eigenvalue weighted by Crippen LogP contribution is 2.38. The van der Waals surface area contributed by atoms with Gasteiger partial charge in [-0.2, -0.15) is 0 Å². The van der Waals surface area contributed by atoms with Gasteiger partial charge in [-0.25, -0.2) is 14.4 Å². The number of nitrogen functional groups attached to an aromatic ring is 1. The highest BCUT2D eigenvalue weighted by atomic mass is 19.1. The van der Waals surface area contributed by atoms with E-state index in [9.17, 15) is 14.6 Å². The molecular weight excluding hydrogens is 327 g/mol. The van der Waals surface area contributed by atoms with E-state index in [1.807, 2.05) is 0 Å². The molecule has 0 radical (unpaired) electrons. The minimum atomic E-state index is -0.787. The molecule has 0 bridgehead atoms. The molecule has 1 aliphatic rings. The summed E-state index contributed by atoms with van der Waals surface area (Å²) in [6.45, 7) is -0.172. The fourth-order valence-electron chi connectivity index (χ4n) is 3.25. The maximum Gasteiger partial charge on any atom is 0.161 e. The van der Waals surface area contributed by atoms with E-state index in [1.165, 1.54) is 18.5 Å². The van der Waals surface area contributed by atoms with E-state index in [-0.39, 0.29) is 18.2 Å². The first-order valence-electron chi connectivity index (χ1n) is 7.90. The zero-order valence-electron chi connectivity index (χ0n) is 13.2. The van der Waals surface area contributed by atoms with Gasteiger partial charge >= 0.3 is 0 Å². The van der Waals surface area contributed by atoms with Crippen molar-refractivity contribution in [2.75, 3.05) is 12.3 Å². The van der Waals surface area contributed by atoms with Crippen LogP contribution in [0.5, 0.6) is 0 Å². The van der Waals surface area contributed by atoms with Crippen LogP contribution in [0.1, 0.15) is 12.6 Å². The average molecular weight is 344 g/mol. The van der Waals surface area contributed by atoms with Crippen LogP contribution in [0.3, 0.4) is 0 Å². The van der Waals surface area contributed by atoms with Crippen LogP contribution in [-0.2, 0) is 4.74 Å². The summed E-state index contributed by atoms with van der Waals surface area (Å²) in [6, 6.07) is 6.01. The summed E-state index contributed by atoms with van der Waals surface area (Å²) >= 11 is 0. The SMILES string of the molecule is Nc1ncnc2c1c(-c1ccc(F)cc1)cn2[C@@H]1O[C@H](CO)C[C@H]1O. The molecule has 1 aromatic carbocycles. The molecule has 8 heteroatoms. The van der Waals surface area contributed by atoms with E-state index in [4.69, 9.17) is 10.5 Å². The van der Waals surface area contributed by atoms with Crippen LogP contribution < -0.4 is 5.73 Å². The summed E-state index contributed by atoms with van der Waals surface area (Å²) < 4.78 is 20.7. The Kier molecular flexibility index (Phi) is 3.87. The molecule has 3 aromatic rings. The van der Waals surface area contributed by atoms with Crippen molar-refractivity contribution in [2.45, 2.75) is 24.9 Å². The van der Waals surface area contributed by atoms with Crippen molar-refractivity contribution in [2.24, 2.45) is 0 Å². The molecule has 2 aromatic heterocycles. The maximum absolute atomic E-state index is 13.2. The van der Waals surface area contributed by atoms with Gasteiger partial charge in [0.05, 0.1) is 18.1 Å². The second kappa shape index (κ2) is 6.07. The van der Waals surface area contributed by atoms with Crippen molar-refractivity contribution < 1.29 is 19.3 Å². The Hall–Kier alpha value is -2.55. The van der Waals surface area contributed by atoms with Crippen LogP contribution in [0.2, 0.25) is 0 Å². The molecule has 1 aliphatic heterocycles. The van der Waals surface area contributed by atoms with Gasteiger partial charge < -0.3 is 25.3 Å². The third-order valence-electron chi connectivity index (χ3n) is 4.44. The molecule has 3 heterocycles. The second-order valence-electron chi connectivity index (χ2n) is 6.05. The van der Waals surface area contributed by atoms with Gasteiger partial charge in [0.15, 0.2) is 6.23 Å². The molecule has 1 saturated heterocycles. The third-order valence-corrected chi connectivity index (χ3v) is 4.44. The van der Waals surface area contributed by atoms with Crippen LogP contribution >= 0.6 is 0 Å². The van der Waals surface area contributed by atoms with Crippen molar-refractivity contribution in [1.29, 1.82) is 0 Å². The van der Waals surface area contributed by atoms with Gasteiger partial charge in [-0.05, 0) is 17.7 Å². The molecule has 130 valence electrons. The minimum Gasteiger partial charge on any atom is -0.394 e. The van der Waals surface area contributed by atoms with E-state index >= 15 is 0 Å². The quantitative estimate of drug-likeness (QED) is 0.664. The van der Waals surface area contributed by atoms with Crippen LogP contribution in [0.15, 0.2) is 36.8 Å². The van der Waals surface area contributed by atoms with E-state index in [2.05, 4.69) is 9.97 Å². The van der Waals surface area contributed by atoms with Crippen molar-refractivity contribution in [3.8, 4) is 11.1 Å². The summed E-state index contributed by atoms with van der Waals surface area (Å²) in [5.74, 6) is -0.0497. The van der Waals surface area contributed by atoms with Crippen LogP contribution in [0.25, 0.3) is 22.2 Å². The van der Waals surface area contributed by atoms with Crippen molar-refractivity contribution in [3.63, 3.8) is 0 Å². The molecule has 0 saturated carbocycles. The predicted octanol–water partition coefficient (Wildman–Crippen LogP) is 1.46. The fraction of sp³-hybridized carbons (Fsp3) is 0.294. The largest absolute Gasteiger partial charge is 0.394 e. The lowest BCUT2D eigenvalue weighted by atomic mass is 10.1. The number of ether oxygens (including phenoxy) is 1. The first-order chi connectivity index (χ1) is 12.1. The molecule has 0 amide bonds. The average Bonchev–Trinajstić information content (AvgIpc) is 3.17. The monoisotopic (exact) mass is 344 g/mol. The van der Waals surface area contributed by atoms with Gasteiger partial charge in [-0.1, -0.05) is 12.1 Å². The maximum atomic E-state index is 13.2. The summed E-state index contributed by atoms with van der Waals surface area (Å²) in [7, 11) is 0. The van der Waals surface area contributed by atoms with Crippen LogP contribution in [0.4, 0.5) is 10.2 Å². The molecule has 0 unspecified atom stereocenters. The summed E-state index contributed by atoms with van der Waals surface area (Å²) in [4.78, 5) is 8.32. The highest BCUT2D eigenvalue weighted by Gasteiger charge is 2.36. The van der Waals surface area contributed by atoms with Crippen molar-refractivity contribution >= 4 is 16.9 Å². The number of hydrogen-bond acceptors (Lipinski definition) is 6. The Labute approximate surface area is 142 Å². The van der Waals surface area contributed by atoms with Gasteiger partial charge in [0.25, 0.3) is 0 Å². The Morgan fingerprint density at radius 3 is 2.72 bits per heavy atom.